The minimum absolute atomic E-state index is 0.121. The van der Waals surface area contributed by atoms with E-state index in [9.17, 15) is 4.79 Å². The summed E-state index contributed by atoms with van der Waals surface area (Å²) in [5, 5.41) is 2.06. The van der Waals surface area contributed by atoms with E-state index in [2.05, 4.69) is 4.90 Å². The number of thiophene rings is 1. The van der Waals surface area contributed by atoms with Crippen LogP contribution in [0, 0.1) is 0 Å². The molecule has 1 amide bonds. The third-order valence-electron chi connectivity index (χ3n) is 5.06. The fourth-order valence-corrected chi connectivity index (χ4v) is 5.99. The molecule has 0 N–H and O–H groups in total. The molecule has 0 spiro atoms. The van der Waals surface area contributed by atoms with Gasteiger partial charge in [-0.15, -0.1) is 11.3 Å². The number of fused-ring (bicyclic) bond motifs is 3. The van der Waals surface area contributed by atoms with Gasteiger partial charge in [0.05, 0.1) is 15.2 Å². The number of nitrogens with zero attached hydrogens (tertiary/aromatic N) is 3. The normalized spacial score (nSPS) is 12.9. The third-order valence-corrected chi connectivity index (χ3v) is 7.77. The fraction of sp³-hybridized carbons (Fsp3) is 0.273. The van der Waals surface area contributed by atoms with Crippen LogP contribution in [-0.4, -0.2) is 49.8 Å². The molecule has 0 fully saturated rings. The SMILES string of the molecule is CN(C)CCCN(C(=O)c1sc2ccccc2c1Cl)c1nc2cc3c(cc2s1)OCO3. The number of carbonyl (C=O) groups is 1. The summed E-state index contributed by atoms with van der Waals surface area (Å²) in [6.45, 7) is 1.64. The van der Waals surface area contributed by atoms with Crippen molar-refractivity contribution >= 4 is 65.6 Å². The number of halogens is 1. The van der Waals surface area contributed by atoms with E-state index in [0.717, 1.165) is 33.3 Å². The standard InChI is InChI=1S/C22H20ClN3O3S2/c1-25(2)8-5-9-26(21(27)20-19(23)13-6-3-4-7-17(13)30-20)22-24-14-10-15-16(29-12-28-15)11-18(14)31-22/h3-4,6-7,10-11H,5,8-9,12H2,1-2H3. The molecular weight excluding hydrogens is 454 g/mol. The van der Waals surface area contributed by atoms with E-state index in [4.69, 9.17) is 26.1 Å². The van der Waals surface area contributed by atoms with Crippen LogP contribution in [-0.2, 0) is 0 Å². The second-order valence-corrected chi connectivity index (χ2v) is 9.96. The van der Waals surface area contributed by atoms with Crippen molar-refractivity contribution in [2.45, 2.75) is 6.42 Å². The Morgan fingerprint density at radius 1 is 1.10 bits per heavy atom. The monoisotopic (exact) mass is 473 g/mol. The van der Waals surface area contributed by atoms with E-state index in [-0.39, 0.29) is 12.7 Å². The molecule has 0 saturated heterocycles. The van der Waals surface area contributed by atoms with Crippen molar-refractivity contribution in [2.24, 2.45) is 0 Å². The lowest BCUT2D eigenvalue weighted by Crippen LogP contribution is -2.33. The lowest BCUT2D eigenvalue weighted by atomic mass is 10.2. The van der Waals surface area contributed by atoms with Crippen LogP contribution in [0.5, 0.6) is 11.5 Å². The number of aromatic nitrogens is 1. The molecule has 0 saturated carbocycles. The largest absolute Gasteiger partial charge is 0.454 e. The van der Waals surface area contributed by atoms with Gasteiger partial charge < -0.3 is 14.4 Å². The van der Waals surface area contributed by atoms with Gasteiger partial charge in [-0.25, -0.2) is 4.98 Å². The highest BCUT2D eigenvalue weighted by Gasteiger charge is 2.27. The van der Waals surface area contributed by atoms with Gasteiger partial charge in [0.2, 0.25) is 6.79 Å². The second-order valence-electron chi connectivity index (χ2n) is 7.52. The number of rotatable bonds is 6. The van der Waals surface area contributed by atoms with Crippen LogP contribution in [0.25, 0.3) is 20.3 Å². The Bertz CT molecular complexity index is 1240. The van der Waals surface area contributed by atoms with Gasteiger partial charge in [0.15, 0.2) is 16.6 Å². The Labute approximate surface area is 192 Å². The quantitative estimate of drug-likeness (QED) is 0.370. The van der Waals surface area contributed by atoms with E-state index < -0.39 is 0 Å². The van der Waals surface area contributed by atoms with Crippen LogP contribution >= 0.6 is 34.3 Å². The number of thiazole rings is 1. The van der Waals surface area contributed by atoms with Gasteiger partial charge in [-0.05, 0) is 33.1 Å². The van der Waals surface area contributed by atoms with Crippen molar-refractivity contribution in [3.63, 3.8) is 0 Å². The molecule has 1 aliphatic rings. The molecule has 6 nitrogen and oxygen atoms in total. The minimum Gasteiger partial charge on any atom is -0.454 e. The van der Waals surface area contributed by atoms with Crippen molar-refractivity contribution in [1.29, 1.82) is 0 Å². The first-order valence-electron chi connectivity index (χ1n) is 9.85. The molecule has 5 rings (SSSR count). The molecule has 3 heterocycles. The first-order chi connectivity index (χ1) is 15.0. The molecule has 160 valence electrons. The Balaban J connectivity index is 1.53. The number of amides is 1. The predicted octanol–water partition coefficient (Wildman–Crippen LogP) is 5.49. The summed E-state index contributed by atoms with van der Waals surface area (Å²) < 4.78 is 12.9. The molecule has 2 aromatic carbocycles. The van der Waals surface area contributed by atoms with Crippen LogP contribution in [0.15, 0.2) is 36.4 Å². The molecule has 1 aliphatic heterocycles. The van der Waals surface area contributed by atoms with E-state index in [1.54, 1.807) is 4.90 Å². The van der Waals surface area contributed by atoms with E-state index in [1.807, 2.05) is 50.5 Å². The summed E-state index contributed by atoms with van der Waals surface area (Å²) in [5.74, 6) is 1.27. The molecule has 0 radical (unpaired) electrons. The predicted molar refractivity (Wildman–Crippen MR) is 127 cm³/mol. The molecule has 9 heteroatoms. The highest BCUT2D eigenvalue weighted by Crippen LogP contribution is 2.41. The average Bonchev–Trinajstić information content (AvgIpc) is 3.45. The van der Waals surface area contributed by atoms with Crippen LogP contribution in [0.3, 0.4) is 0 Å². The highest BCUT2D eigenvalue weighted by atomic mass is 35.5. The number of benzene rings is 2. The first kappa shape index (κ1) is 20.5. The van der Waals surface area contributed by atoms with Gasteiger partial charge in [0.1, 0.15) is 4.88 Å². The molecule has 0 atom stereocenters. The maximum Gasteiger partial charge on any atom is 0.271 e. The van der Waals surface area contributed by atoms with Crippen molar-refractivity contribution in [3.8, 4) is 11.5 Å². The smallest absolute Gasteiger partial charge is 0.271 e. The summed E-state index contributed by atoms with van der Waals surface area (Å²) in [6.07, 6.45) is 0.819. The minimum atomic E-state index is -0.121. The van der Waals surface area contributed by atoms with Crippen molar-refractivity contribution < 1.29 is 14.3 Å². The summed E-state index contributed by atoms with van der Waals surface area (Å²) in [5.41, 5.74) is 0.789. The zero-order chi connectivity index (χ0) is 21.5. The summed E-state index contributed by atoms with van der Waals surface area (Å²) in [4.78, 5) is 22.8. The summed E-state index contributed by atoms with van der Waals surface area (Å²) in [7, 11) is 4.04. The Morgan fingerprint density at radius 3 is 2.65 bits per heavy atom. The van der Waals surface area contributed by atoms with Gasteiger partial charge in [-0.3, -0.25) is 9.69 Å². The van der Waals surface area contributed by atoms with Crippen molar-refractivity contribution in [1.82, 2.24) is 9.88 Å². The molecular formula is C22H20ClN3O3S2. The van der Waals surface area contributed by atoms with Crippen molar-refractivity contribution in [3.05, 3.63) is 46.3 Å². The molecule has 0 unspecified atom stereocenters. The zero-order valence-electron chi connectivity index (χ0n) is 17.1. The number of carbonyl (C=O) groups excluding carboxylic acids is 1. The maximum atomic E-state index is 13.6. The Morgan fingerprint density at radius 2 is 1.87 bits per heavy atom. The Hall–Kier alpha value is -2.39. The van der Waals surface area contributed by atoms with Gasteiger partial charge in [0.25, 0.3) is 5.91 Å². The highest BCUT2D eigenvalue weighted by molar-refractivity contribution is 7.23. The maximum absolute atomic E-state index is 13.6. The zero-order valence-corrected chi connectivity index (χ0v) is 19.4. The topological polar surface area (TPSA) is 54.9 Å². The second kappa shape index (κ2) is 8.27. The number of hydrogen-bond acceptors (Lipinski definition) is 7. The third kappa shape index (κ3) is 3.85. The van der Waals surface area contributed by atoms with E-state index in [0.29, 0.717) is 33.1 Å². The number of anilines is 1. The van der Waals surface area contributed by atoms with Gasteiger partial charge in [-0.2, -0.15) is 0 Å². The van der Waals surface area contributed by atoms with Crippen molar-refractivity contribution in [2.75, 3.05) is 38.9 Å². The van der Waals surface area contributed by atoms with E-state index >= 15 is 0 Å². The lowest BCUT2D eigenvalue weighted by Gasteiger charge is -2.20. The fourth-order valence-electron chi connectivity index (χ4n) is 3.52. The molecule has 2 aromatic heterocycles. The van der Waals surface area contributed by atoms with E-state index in [1.165, 1.54) is 22.7 Å². The van der Waals surface area contributed by atoms with Gasteiger partial charge in [-0.1, -0.05) is 41.1 Å². The summed E-state index contributed by atoms with van der Waals surface area (Å²) >= 11 is 9.51. The van der Waals surface area contributed by atoms with Crippen LogP contribution in [0.4, 0.5) is 5.13 Å². The number of hydrogen-bond donors (Lipinski definition) is 0. The lowest BCUT2D eigenvalue weighted by molar-refractivity contribution is 0.0990. The first-order valence-corrected chi connectivity index (χ1v) is 11.9. The molecule has 0 bridgehead atoms. The van der Waals surface area contributed by atoms with Gasteiger partial charge >= 0.3 is 0 Å². The Kier molecular flexibility index (Phi) is 5.47. The summed E-state index contributed by atoms with van der Waals surface area (Å²) in [6, 6.07) is 11.6. The van der Waals surface area contributed by atoms with Crippen LogP contribution in [0.2, 0.25) is 5.02 Å². The van der Waals surface area contributed by atoms with Crippen LogP contribution in [0.1, 0.15) is 16.1 Å². The number of ether oxygens (including phenoxy) is 2. The average molecular weight is 474 g/mol. The molecule has 4 aromatic rings. The molecule has 31 heavy (non-hydrogen) atoms. The van der Waals surface area contributed by atoms with Gasteiger partial charge in [0, 0.05) is 28.8 Å². The molecule has 0 aliphatic carbocycles. The van der Waals surface area contributed by atoms with Crippen LogP contribution < -0.4 is 14.4 Å².